The van der Waals surface area contributed by atoms with Crippen molar-refractivity contribution in [3.63, 3.8) is 0 Å². The van der Waals surface area contributed by atoms with Gasteiger partial charge in [0, 0.05) is 18.9 Å². The number of hydrogen-bond acceptors (Lipinski definition) is 3. The summed E-state index contributed by atoms with van der Waals surface area (Å²) >= 11 is 6.12. The molecule has 3 aromatic rings. The van der Waals surface area contributed by atoms with E-state index in [1.54, 1.807) is 40.0 Å². The largest absolute Gasteiger partial charge is 0.302 e. The summed E-state index contributed by atoms with van der Waals surface area (Å²) in [5.74, 6) is -0.414. The van der Waals surface area contributed by atoms with Crippen molar-refractivity contribution in [3.8, 4) is 0 Å². The Balaban J connectivity index is 1.71. The summed E-state index contributed by atoms with van der Waals surface area (Å²) < 4.78 is 16.2. The first-order valence-electron chi connectivity index (χ1n) is 7.37. The molecule has 1 N–H and O–H groups in total. The quantitative estimate of drug-likeness (QED) is 0.770. The predicted octanol–water partition coefficient (Wildman–Crippen LogP) is 3.19. The van der Waals surface area contributed by atoms with Gasteiger partial charge in [0.05, 0.1) is 6.54 Å². The molecule has 2 heterocycles. The van der Waals surface area contributed by atoms with Crippen LogP contribution in [0.3, 0.4) is 0 Å². The maximum Gasteiger partial charge on any atom is 0.277 e. The first-order valence-corrected chi connectivity index (χ1v) is 7.75. The molecular weight excluding hydrogens is 333 g/mol. The number of carbonyl (C=O) groups is 1. The van der Waals surface area contributed by atoms with Crippen molar-refractivity contribution >= 4 is 23.3 Å². The average molecular weight is 348 g/mol. The minimum Gasteiger partial charge on any atom is -0.302 e. The van der Waals surface area contributed by atoms with E-state index in [0.29, 0.717) is 23.8 Å². The van der Waals surface area contributed by atoms with Gasteiger partial charge in [0.2, 0.25) is 0 Å². The molecular formula is C16H15ClFN5O. The second-order valence-electron chi connectivity index (χ2n) is 5.16. The number of hydrogen-bond donors (Lipinski definition) is 1. The van der Waals surface area contributed by atoms with Crippen LogP contribution < -0.4 is 5.32 Å². The molecule has 1 aromatic carbocycles. The SMILES string of the molecule is CCn1ccc(C(=O)Nc2nn(Cc3ccc(F)cc3)cc2Cl)n1. The van der Waals surface area contributed by atoms with Crippen LogP contribution in [0.25, 0.3) is 0 Å². The fourth-order valence-electron chi connectivity index (χ4n) is 2.17. The molecule has 6 nitrogen and oxygen atoms in total. The van der Waals surface area contributed by atoms with Gasteiger partial charge in [-0.15, -0.1) is 0 Å². The maximum atomic E-state index is 12.9. The van der Waals surface area contributed by atoms with Gasteiger partial charge in [-0.2, -0.15) is 10.2 Å². The Morgan fingerprint density at radius 1 is 1.21 bits per heavy atom. The van der Waals surface area contributed by atoms with Crippen LogP contribution in [0.15, 0.2) is 42.7 Å². The molecule has 0 bridgehead atoms. The molecule has 124 valence electrons. The van der Waals surface area contributed by atoms with Gasteiger partial charge in [0.1, 0.15) is 10.8 Å². The zero-order valence-corrected chi connectivity index (χ0v) is 13.7. The van der Waals surface area contributed by atoms with E-state index in [9.17, 15) is 9.18 Å². The highest BCUT2D eigenvalue weighted by atomic mass is 35.5. The fraction of sp³-hybridized carbons (Fsp3) is 0.188. The van der Waals surface area contributed by atoms with E-state index in [1.165, 1.54) is 12.1 Å². The van der Waals surface area contributed by atoms with E-state index < -0.39 is 0 Å². The normalized spacial score (nSPS) is 10.8. The van der Waals surface area contributed by atoms with Gasteiger partial charge in [-0.1, -0.05) is 23.7 Å². The molecule has 0 aliphatic carbocycles. The number of benzene rings is 1. The second-order valence-corrected chi connectivity index (χ2v) is 5.57. The Kier molecular flexibility index (Phi) is 4.61. The molecule has 2 aromatic heterocycles. The van der Waals surface area contributed by atoms with E-state index in [-0.39, 0.29) is 17.5 Å². The second kappa shape index (κ2) is 6.84. The third-order valence-electron chi connectivity index (χ3n) is 3.40. The van der Waals surface area contributed by atoms with Gasteiger partial charge in [-0.3, -0.25) is 14.2 Å². The highest BCUT2D eigenvalue weighted by Crippen LogP contribution is 2.20. The molecule has 8 heteroatoms. The van der Waals surface area contributed by atoms with Gasteiger partial charge < -0.3 is 5.32 Å². The number of anilines is 1. The molecule has 0 radical (unpaired) electrons. The van der Waals surface area contributed by atoms with E-state index >= 15 is 0 Å². The van der Waals surface area contributed by atoms with Crippen LogP contribution in [0.4, 0.5) is 10.2 Å². The highest BCUT2D eigenvalue weighted by Gasteiger charge is 2.14. The minimum atomic E-state index is -0.379. The van der Waals surface area contributed by atoms with Gasteiger partial charge in [0.25, 0.3) is 5.91 Å². The lowest BCUT2D eigenvalue weighted by Crippen LogP contribution is -2.14. The minimum absolute atomic E-state index is 0.259. The molecule has 24 heavy (non-hydrogen) atoms. The van der Waals surface area contributed by atoms with Crippen LogP contribution in [0.5, 0.6) is 0 Å². The van der Waals surface area contributed by atoms with Crippen LogP contribution in [0.2, 0.25) is 5.02 Å². The standard InChI is InChI=1S/C16H15ClFN5O/c1-2-22-8-7-14(20-22)16(24)19-15-13(17)10-23(21-15)9-11-3-5-12(18)6-4-11/h3-8,10H,2,9H2,1H3,(H,19,21,24). The van der Waals surface area contributed by atoms with Crippen LogP contribution in [-0.2, 0) is 13.1 Å². The van der Waals surface area contributed by atoms with Gasteiger partial charge in [0.15, 0.2) is 11.5 Å². The van der Waals surface area contributed by atoms with Crippen LogP contribution in [-0.4, -0.2) is 25.5 Å². The van der Waals surface area contributed by atoms with Crippen molar-refractivity contribution in [1.82, 2.24) is 19.6 Å². The Bertz CT molecular complexity index is 856. The van der Waals surface area contributed by atoms with Crippen molar-refractivity contribution < 1.29 is 9.18 Å². The third-order valence-corrected chi connectivity index (χ3v) is 3.68. The Morgan fingerprint density at radius 3 is 2.62 bits per heavy atom. The zero-order valence-electron chi connectivity index (χ0n) is 12.9. The van der Waals surface area contributed by atoms with Crippen LogP contribution >= 0.6 is 11.6 Å². The highest BCUT2D eigenvalue weighted by molar-refractivity contribution is 6.33. The van der Waals surface area contributed by atoms with E-state index in [0.717, 1.165) is 5.56 Å². The maximum absolute atomic E-state index is 12.9. The molecule has 0 atom stereocenters. The summed E-state index contributed by atoms with van der Waals surface area (Å²) in [5.41, 5.74) is 1.16. The summed E-state index contributed by atoms with van der Waals surface area (Å²) in [6.07, 6.45) is 3.33. The number of halogens is 2. The third kappa shape index (κ3) is 3.62. The first-order chi connectivity index (χ1) is 11.5. The molecule has 0 aliphatic rings. The topological polar surface area (TPSA) is 64.7 Å². The first kappa shape index (κ1) is 16.2. The Hall–Kier alpha value is -2.67. The van der Waals surface area contributed by atoms with Crippen molar-refractivity contribution in [2.24, 2.45) is 0 Å². The monoisotopic (exact) mass is 347 g/mol. The molecule has 0 fully saturated rings. The molecule has 3 rings (SSSR count). The zero-order chi connectivity index (χ0) is 17.1. The number of rotatable bonds is 5. The number of amides is 1. The molecule has 0 saturated heterocycles. The van der Waals surface area contributed by atoms with E-state index in [2.05, 4.69) is 15.5 Å². The molecule has 1 amide bonds. The smallest absolute Gasteiger partial charge is 0.277 e. The lowest BCUT2D eigenvalue weighted by molar-refractivity contribution is 0.102. The average Bonchev–Trinajstić information content (AvgIpc) is 3.17. The molecule has 0 spiro atoms. The van der Waals surface area contributed by atoms with Crippen molar-refractivity contribution in [2.75, 3.05) is 5.32 Å². The van der Waals surface area contributed by atoms with Crippen LogP contribution in [0.1, 0.15) is 23.0 Å². The van der Waals surface area contributed by atoms with Gasteiger partial charge in [-0.05, 0) is 30.7 Å². The number of nitrogens with zero attached hydrogens (tertiary/aromatic N) is 4. The summed E-state index contributed by atoms with van der Waals surface area (Å²) in [5, 5.41) is 11.3. The van der Waals surface area contributed by atoms with Crippen molar-refractivity contribution in [3.05, 3.63) is 64.8 Å². The number of nitrogens with one attached hydrogen (secondary N) is 1. The van der Waals surface area contributed by atoms with Gasteiger partial charge >= 0.3 is 0 Å². The summed E-state index contributed by atoms with van der Waals surface area (Å²) in [7, 11) is 0. The van der Waals surface area contributed by atoms with Crippen LogP contribution in [0, 0.1) is 5.82 Å². The van der Waals surface area contributed by atoms with Gasteiger partial charge in [-0.25, -0.2) is 4.39 Å². The number of aromatic nitrogens is 4. The Morgan fingerprint density at radius 2 is 1.96 bits per heavy atom. The molecule has 0 saturated carbocycles. The summed E-state index contributed by atoms with van der Waals surface area (Å²) in [4.78, 5) is 12.2. The van der Waals surface area contributed by atoms with E-state index in [1.807, 2.05) is 6.92 Å². The lowest BCUT2D eigenvalue weighted by atomic mass is 10.2. The summed E-state index contributed by atoms with van der Waals surface area (Å²) in [6, 6.07) is 7.73. The van der Waals surface area contributed by atoms with Crippen molar-refractivity contribution in [1.29, 1.82) is 0 Å². The lowest BCUT2D eigenvalue weighted by Gasteiger charge is -2.02. The summed E-state index contributed by atoms with van der Waals surface area (Å²) in [6.45, 7) is 3.03. The number of aryl methyl sites for hydroxylation is 1. The van der Waals surface area contributed by atoms with E-state index in [4.69, 9.17) is 11.6 Å². The number of carbonyl (C=O) groups excluding carboxylic acids is 1. The molecule has 0 aliphatic heterocycles. The Labute approximate surface area is 142 Å². The fourth-order valence-corrected chi connectivity index (χ4v) is 2.37. The predicted molar refractivity (Wildman–Crippen MR) is 88.6 cm³/mol. The molecule has 0 unspecified atom stereocenters. The van der Waals surface area contributed by atoms with Crippen molar-refractivity contribution in [2.45, 2.75) is 20.0 Å².